The first-order valence-electron chi connectivity index (χ1n) is 5.41. The highest BCUT2D eigenvalue weighted by Crippen LogP contribution is 2.31. The zero-order chi connectivity index (χ0) is 12.4. The lowest BCUT2D eigenvalue weighted by atomic mass is 10.0. The van der Waals surface area contributed by atoms with Crippen LogP contribution in [0.25, 0.3) is 10.9 Å². The molecule has 17 heavy (non-hydrogen) atoms. The van der Waals surface area contributed by atoms with Crippen LogP contribution >= 0.6 is 11.6 Å². The number of aromatic amines is 1. The van der Waals surface area contributed by atoms with Gasteiger partial charge >= 0.3 is 0 Å². The van der Waals surface area contributed by atoms with Gasteiger partial charge in [0.05, 0.1) is 11.1 Å². The second kappa shape index (κ2) is 5.06. The summed E-state index contributed by atoms with van der Waals surface area (Å²) in [6.07, 6.45) is -0.147. The maximum absolute atomic E-state index is 10.1. The van der Waals surface area contributed by atoms with E-state index >= 15 is 0 Å². The van der Waals surface area contributed by atoms with E-state index in [2.05, 4.69) is 10.3 Å². The monoisotopic (exact) mass is 254 g/mol. The van der Waals surface area contributed by atoms with Gasteiger partial charge < -0.3 is 20.5 Å². The standard InChI is InChI=1S/C12H15ClN2O2/c1-14-6-10(16)12(17)7-5-15-9-4-2-3-8(13)11(7)9/h2-5,10,12,14-17H,6H2,1H3. The number of aromatic nitrogens is 1. The summed E-state index contributed by atoms with van der Waals surface area (Å²) >= 11 is 6.10. The number of fused-ring (bicyclic) bond motifs is 1. The van der Waals surface area contributed by atoms with Crippen molar-refractivity contribution in [3.63, 3.8) is 0 Å². The molecule has 0 saturated heterocycles. The van der Waals surface area contributed by atoms with E-state index < -0.39 is 12.2 Å². The molecule has 1 aromatic carbocycles. The van der Waals surface area contributed by atoms with E-state index in [1.165, 1.54) is 0 Å². The number of nitrogens with one attached hydrogen (secondary N) is 2. The topological polar surface area (TPSA) is 68.3 Å². The molecule has 0 spiro atoms. The summed E-state index contributed by atoms with van der Waals surface area (Å²) < 4.78 is 0. The molecule has 0 aliphatic rings. The molecule has 0 aliphatic carbocycles. The SMILES string of the molecule is CNCC(O)C(O)c1c[nH]c2cccc(Cl)c12. The molecule has 5 heteroatoms. The number of halogens is 1. The Bertz CT molecular complexity index is 512. The molecule has 0 amide bonds. The Labute approximate surface area is 104 Å². The van der Waals surface area contributed by atoms with Gasteiger partial charge in [0.2, 0.25) is 0 Å². The number of hydrogen-bond donors (Lipinski definition) is 4. The van der Waals surface area contributed by atoms with Crippen molar-refractivity contribution in [1.82, 2.24) is 10.3 Å². The van der Waals surface area contributed by atoms with Crippen LogP contribution in [0.1, 0.15) is 11.7 Å². The summed E-state index contributed by atoms with van der Waals surface area (Å²) in [5, 5.41) is 24.0. The summed E-state index contributed by atoms with van der Waals surface area (Å²) in [6.45, 7) is 0.318. The maximum Gasteiger partial charge on any atom is 0.108 e. The van der Waals surface area contributed by atoms with Crippen LogP contribution < -0.4 is 5.32 Å². The molecule has 4 N–H and O–H groups in total. The lowest BCUT2D eigenvalue weighted by Crippen LogP contribution is -2.29. The van der Waals surface area contributed by atoms with Crippen LogP contribution in [0.4, 0.5) is 0 Å². The first kappa shape index (κ1) is 12.4. The highest BCUT2D eigenvalue weighted by Gasteiger charge is 2.21. The van der Waals surface area contributed by atoms with Gasteiger partial charge in [-0.25, -0.2) is 0 Å². The van der Waals surface area contributed by atoms with Crippen molar-refractivity contribution in [2.75, 3.05) is 13.6 Å². The highest BCUT2D eigenvalue weighted by atomic mass is 35.5. The molecule has 2 atom stereocenters. The van der Waals surface area contributed by atoms with Crippen molar-refractivity contribution >= 4 is 22.5 Å². The Kier molecular flexibility index (Phi) is 3.69. The third-order valence-corrected chi connectivity index (χ3v) is 3.10. The molecular formula is C12H15ClN2O2. The zero-order valence-corrected chi connectivity index (χ0v) is 10.2. The first-order valence-corrected chi connectivity index (χ1v) is 5.79. The molecular weight excluding hydrogens is 240 g/mol. The molecule has 2 rings (SSSR count). The third kappa shape index (κ3) is 2.30. The van der Waals surface area contributed by atoms with Crippen LogP contribution in [-0.4, -0.2) is 34.9 Å². The molecule has 0 fully saturated rings. The molecule has 92 valence electrons. The molecule has 2 unspecified atom stereocenters. The minimum atomic E-state index is -0.962. The summed E-state index contributed by atoms with van der Waals surface area (Å²) in [5.74, 6) is 0. The molecule has 1 heterocycles. The minimum absolute atomic E-state index is 0.318. The fourth-order valence-electron chi connectivity index (χ4n) is 1.93. The molecule has 0 radical (unpaired) electrons. The van der Waals surface area contributed by atoms with Gasteiger partial charge in [0.15, 0.2) is 0 Å². The van der Waals surface area contributed by atoms with Gasteiger partial charge in [-0.15, -0.1) is 0 Å². The van der Waals surface area contributed by atoms with Crippen molar-refractivity contribution < 1.29 is 10.2 Å². The Hall–Kier alpha value is -1.07. The van der Waals surface area contributed by atoms with Gasteiger partial charge in [0, 0.05) is 29.2 Å². The van der Waals surface area contributed by atoms with Gasteiger partial charge in [-0.1, -0.05) is 17.7 Å². The number of rotatable bonds is 4. The average Bonchev–Trinajstić information content (AvgIpc) is 2.73. The summed E-state index contributed by atoms with van der Waals surface area (Å²) in [5.41, 5.74) is 1.47. The van der Waals surface area contributed by atoms with E-state index in [4.69, 9.17) is 11.6 Å². The minimum Gasteiger partial charge on any atom is -0.389 e. The molecule has 0 aliphatic heterocycles. The van der Waals surface area contributed by atoms with Crippen LogP contribution in [0.15, 0.2) is 24.4 Å². The molecule has 2 aromatic rings. The van der Waals surface area contributed by atoms with E-state index in [0.29, 0.717) is 17.1 Å². The van der Waals surface area contributed by atoms with Crippen LogP contribution in [0.3, 0.4) is 0 Å². The number of likely N-dealkylation sites (N-methyl/N-ethyl adjacent to an activating group) is 1. The smallest absolute Gasteiger partial charge is 0.108 e. The van der Waals surface area contributed by atoms with Crippen molar-refractivity contribution in [3.05, 3.63) is 35.0 Å². The average molecular weight is 255 g/mol. The summed E-state index contributed by atoms with van der Waals surface area (Å²) in [4.78, 5) is 3.03. The second-order valence-corrected chi connectivity index (χ2v) is 4.38. The largest absolute Gasteiger partial charge is 0.389 e. The number of benzene rings is 1. The van der Waals surface area contributed by atoms with E-state index in [9.17, 15) is 10.2 Å². The van der Waals surface area contributed by atoms with Crippen molar-refractivity contribution in [1.29, 1.82) is 0 Å². The Balaban J connectivity index is 2.42. The third-order valence-electron chi connectivity index (χ3n) is 2.78. The number of hydrogen-bond acceptors (Lipinski definition) is 3. The van der Waals surface area contributed by atoms with Crippen LogP contribution in [-0.2, 0) is 0 Å². The predicted molar refractivity (Wildman–Crippen MR) is 68.2 cm³/mol. The fraction of sp³-hybridized carbons (Fsp3) is 0.333. The maximum atomic E-state index is 10.1. The quantitative estimate of drug-likeness (QED) is 0.667. The number of H-pyrrole nitrogens is 1. The second-order valence-electron chi connectivity index (χ2n) is 3.98. The van der Waals surface area contributed by atoms with E-state index in [0.717, 1.165) is 10.9 Å². The Morgan fingerprint density at radius 1 is 1.41 bits per heavy atom. The molecule has 4 nitrogen and oxygen atoms in total. The van der Waals surface area contributed by atoms with Crippen LogP contribution in [0.2, 0.25) is 5.02 Å². The number of aliphatic hydroxyl groups is 2. The van der Waals surface area contributed by atoms with E-state index in [1.54, 1.807) is 19.3 Å². The summed E-state index contributed by atoms with van der Waals surface area (Å²) in [6, 6.07) is 5.47. The van der Waals surface area contributed by atoms with Gasteiger partial charge in [0.25, 0.3) is 0 Å². The molecule has 0 saturated carbocycles. The van der Waals surface area contributed by atoms with E-state index in [1.807, 2.05) is 12.1 Å². The molecule has 0 bridgehead atoms. The van der Waals surface area contributed by atoms with Crippen molar-refractivity contribution in [2.24, 2.45) is 0 Å². The summed E-state index contributed by atoms with van der Waals surface area (Å²) in [7, 11) is 1.72. The Morgan fingerprint density at radius 3 is 2.88 bits per heavy atom. The van der Waals surface area contributed by atoms with Crippen LogP contribution in [0.5, 0.6) is 0 Å². The van der Waals surface area contributed by atoms with Gasteiger partial charge in [-0.3, -0.25) is 0 Å². The van der Waals surface area contributed by atoms with Crippen LogP contribution in [0, 0.1) is 0 Å². The lowest BCUT2D eigenvalue weighted by molar-refractivity contribution is 0.0211. The van der Waals surface area contributed by atoms with Crippen molar-refractivity contribution in [2.45, 2.75) is 12.2 Å². The van der Waals surface area contributed by atoms with Crippen molar-refractivity contribution in [3.8, 4) is 0 Å². The normalized spacial score (nSPS) is 15.1. The predicted octanol–water partition coefficient (Wildman–Crippen LogP) is 1.43. The highest BCUT2D eigenvalue weighted by molar-refractivity contribution is 6.35. The number of aliphatic hydroxyl groups excluding tert-OH is 2. The Morgan fingerprint density at radius 2 is 2.18 bits per heavy atom. The van der Waals surface area contributed by atoms with Gasteiger partial charge in [-0.05, 0) is 19.2 Å². The van der Waals surface area contributed by atoms with E-state index in [-0.39, 0.29) is 0 Å². The fourth-order valence-corrected chi connectivity index (χ4v) is 2.21. The zero-order valence-electron chi connectivity index (χ0n) is 9.44. The first-order chi connectivity index (χ1) is 8.15. The molecule has 1 aromatic heterocycles. The van der Waals surface area contributed by atoms with Gasteiger partial charge in [0.1, 0.15) is 6.10 Å². The lowest BCUT2D eigenvalue weighted by Gasteiger charge is -2.17. The van der Waals surface area contributed by atoms with Gasteiger partial charge in [-0.2, -0.15) is 0 Å².